The highest BCUT2D eigenvalue weighted by Crippen LogP contribution is 2.34. The van der Waals surface area contributed by atoms with Crippen molar-refractivity contribution in [1.82, 2.24) is 0 Å². The van der Waals surface area contributed by atoms with Crippen molar-refractivity contribution in [3.63, 3.8) is 0 Å². The lowest BCUT2D eigenvalue weighted by Crippen LogP contribution is -2.03. The van der Waals surface area contributed by atoms with Crippen LogP contribution in [0.2, 0.25) is 0 Å². The summed E-state index contributed by atoms with van der Waals surface area (Å²) < 4.78 is 20.9. The van der Waals surface area contributed by atoms with Crippen molar-refractivity contribution in [3.8, 4) is 23.0 Å². The molecule has 110 valence electrons. The van der Waals surface area contributed by atoms with Gasteiger partial charge in [0.1, 0.15) is 17.1 Å². The summed E-state index contributed by atoms with van der Waals surface area (Å²) in [6.45, 7) is 0. The number of hydrogen-bond acceptors (Lipinski definition) is 5. The third-order valence-corrected chi connectivity index (χ3v) is 2.88. The van der Waals surface area contributed by atoms with Crippen molar-refractivity contribution < 1.29 is 23.7 Å². The van der Waals surface area contributed by atoms with Gasteiger partial charge < -0.3 is 18.9 Å². The maximum atomic E-state index is 11.7. The molecule has 21 heavy (non-hydrogen) atoms. The second kappa shape index (κ2) is 6.65. The number of ether oxygens (including phenoxy) is 4. The predicted molar refractivity (Wildman–Crippen MR) is 77.4 cm³/mol. The lowest BCUT2D eigenvalue weighted by atomic mass is 10.2. The quantitative estimate of drug-likeness (QED) is 0.790. The van der Waals surface area contributed by atoms with E-state index in [0.29, 0.717) is 28.6 Å². The summed E-state index contributed by atoms with van der Waals surface area (Å²) in [5.74, 6) is 1.64. The van der Waals surface area contributed by atoms with Crippen LogP contribution >= 0.6 is 0 Å². The van der Waals surface area contributed by atoms with E-state index in [9.17, 15) is 4.79 Å². The molecule has 0 aromatic heterocycles. The van der Waals surface area contributed by atoms with Gasteiger partial charge in [0.05, 0.1) is 21.3 Å². The largest absolute Gasteiger partial charge is 0.493 e. The van der Waals surface area contributed by atoms with Crippen LogP contribution in [0.5, 0.6) is 23.0 Å². The lowest BCUT2D eigenvalue weighted by Gasteiger charge is -2.12. The van der Waals surface area contributed by atoms with Crippen LogP contribution in [0.3, 0.4) is 0 Å². The highest BCUT2D eigenvalue weighted by atomic mass is 16.5. The molecule has 0 N–H and O–H groups in total. The van der Waals surface area contributed by atoms with E-state index in [1.54, 1.807) is 56.7 Å². The summed E-state index contributed by atoms with van der Waals surface area (Å²) >= 11 is 0. The molecule has 0 bridgehead atoms. The average Bonchev–Trinajstić information content (AvgIpc) is 2.54. The SMILES string of the molecule is COC(=O)c1ccccc1Oc1ccc(OC)c(OC)c1. The van der Waals surface area contributed by atoms with Crippen molar-refractivity contribution in [2.75, 3.05) is 21.3 Å². The Balaban J connectivity index is 2.32. The zero-order valence-corrected chi connectivity index (χ0v) is 12.1. The first-order valence-electron chi connectivity index (χ1n) is 6.26. The minimum Gasteiger partial charge on any atom is -0.493 e. The molecule has 0 radical (unpaired) electrons. The minimum absolute atomic E-state index is 0.356. The maximum absolute atomic E-state index is 11.7. The van der Waals surface area contributed by atoms with Gasteiger partial charge in [0.25, 0.3) is 0 Å². The summed E-state index contributed by atoms with van der Waals surface area (Å²) in [6, 6.07) is 12.0. The fourth-order valence-corrected chi connectivity index (χ4v) is 1.84. The van der Waals surface area contributed by atoms with Gasteiger partial charge in [-0.2, -0.15) is 0 Å². The molecule has 0 unspecified atom stereocenters. The van der Waals surface area contributed by atoms with Gasteiger partial charge in [-0.3, -0.25) is 0 Å². The average molecular weight is 288 g/mol. The molecule has 5 heteroatoms. The number of hydrogen-bond donors (Lipinski definition) is 0. The molecule has 0 heterocycles. The van der Waals surface area contributed by atoms with E-state index in [-0.39, 0.29) is 0 Å². The number of para-hydroxylation sites is 1. The van der Waals surface area contributed by atoms with E-state index in [1.165, 1.54) is 7.11 Å². The van der Waals surface area contributed by atoms with Gasteiger partial charge in [-0.05, 0) is 24.3 Å². The summed E-state index contributed by atoms with van der Waals surface area (Å²) in [5.41, 5.74) is 0.356. The fourth-order valence-electron chi connectivity index (χ4n) is 1.84. The highest BCUT2D eigenvalue weighted by molar-refractivity contribution is 5.92. The molecule has 0 aliphatic heterocycles. The van der Waals surface area contributed by atoms with E-state index in [2.05, 4.69) is 0 Å². The lowest BCUT2D eigenvalue weighted by molar-refractivity contribution is 0.0598. The molecule has 0 atom stereocenters. The van der Waals surface area contributed by atoms with E-state index in [1.807, 2.05) is 0 Å². The number of methoxy groups -OCH3 is 3. The molecule has 0 aliphatic rings. The van der Waals surface area contributed by atoms with Crippen LogP contribution in [0.25, 0.3) is 0 Å². The van der Waals surface area contributed by atoms with Gasteiger partial charge in [0, 0.05) is 6.07 Å². The van der Waals surface area contributed by atoms with Crippen LogP contribution in [-0.2, 0) is 4.74 Å². The van der Waals surface area contributed by atoms with Gasteiger partial charge in [0.2, 0.25) is 0 Å². The Morgan fingerprint density at radius 2 is 1.57 bits per heavy atom. The molecule has 5 nitrogen and oxygen atoms in total. The zero-order chi connectivity index (χ0) is 15.2. The molecule has 0 saturated heterocycles. The van der Waals surface area contributed by atoms with Gasteiger partial charge in [-0.25, -0.2) is 4.79 Å². The van der Waals surface area contributed by atoms with E-state index >= 15 is 0 Å². The normalized spacial score (nSPS) is 9.86. The molecule has 0 amide bonds. The Morgan fingerprint density at radius 1 is 0.857 bits per heavy atom. The summed E-state index contributed by atoms with van der Waals surface area (Å²) in [7, 11) is 4.44. The molecular weight excluding hydrogens is 272 g/mol. The zero-order valence-electron chi connectivity index (χ0n) is 12.1. The van der Waals surface area contributed by atoms with Crippen LogP contribution in [0.15, 0.2) is 42.5 Å². The minimum atomic E-state index is -0.453. The maximum Gasteiger partial charge on any atom is 0.341 e. The summed E-state index contributed by atoms with van der Waals surface area (Å²) in [4.78, 5) is 11.7. The number of carbonyl (C=O) groups excluding carboxylic acids is 1. The molecule has 2 aromatic carbocycles. The Kier molecular flexibility index (Phi) is 4.66. The summed E-state index contributed by atoms with van der Waals surface area (Å²) in [6.07, 6.45) is 0. The van der Waals surface area contributed by atoms with Crippen molar-refractivity contribution >= 4 is 5.97 Å². The first kappa shape index (κ1) is 14.7. The first-order valence-corrected chi connectivity index (χ1v) is 6.26. The molecule has 2 aromatic rings. The fraction of sp³-hybridized carbons (Fsp3) is 0.188. The topological polar surface area (TPSA) is 54.0 Å². The molecule has 0 spiro atoms. The van der Waals surface area contributed by atoms with E-state index in [0.717, 1.165) is 0 Å². The van der Waals surface area contributed by atoms with Crippen LogP contribution in [0.4, 0.5) is 0 Å². The predicted octanol–water partition coefficient (Wildman–Crippen LogP) is 3.28. The van der Waals surface area contributed by atoms with Crippen LogP contribution in [-0.4, -0.2) is 27.3 Å². The van der Waals surface area contributed by atoms with Crippen LogP contribution < -0.4 is 14.2 Å². The summed E-state index contributed by atoms with van der Waals surface area (Å²) in [5, 5.41) is 0. The van der Waals surface area contributed by atoms with E-state index in [4.69, 9.17) is 18.9 Å². The molecule has 2 rings (SSSR count). The number of benzene rings is 2. The third-order valence-electron chi connectivity index (χ3n) is 2.88. The van der Waals surface area contributed by atoms with Crippen LogP contribution in [0, 0.1) is 0 Å². The second-order valence-electron chi connectivity index (χ2n) is 4.11. The number of carbonyl (C=O) groups is 1. The van der Waals surface area contributed by atoms with E-state index < -0.39 is 5.97 Å². The van der Waals surface area contributed by atoms with Gasteiger partial charge >= 0.3 is 5.97 Å². The standard InChI is InChI=1S/C16H16O5/c1-18-14-9-8-11(10-15(14)19-2)21-13-7-5-4-6-12(13)16(17)20-3/h4-10H,1-3H3. The molecule has 0 saturated carbocycles. The monoisotopic (exact) mass is 288 g/mol. The number of esters is 1. The smallest absolute Gasteiger partial charge is 0.341 e. The Labute approximate surface area is 123 Å². The number of rotatable bonds is 5. The molecule has 0 fully saturated rings. The van der Waals surface area contributed by atoms with Crippen molar-refractivity contribution in [2.45, 2.75) is 0 Å². The Hall–Kier alpha value is -2.69. The van der Waals surface area contributed by atoms with Crippen molar-refractivity contribution in [1.29, 1.82) is 0 Å². The first-order chi connectivity index (χ1) is 10.2. The van der Waals surface area contributed by atoms with Gasteiger partial charge in [-0.1, -0.05) is 12.1 Å². The van der Waals surface area contributed by atoms with Crippen molar-refractivity contribution in [2.24, 2.45) is 0 Å². The Bertz CT molecular complexity index is 636. The molecule has 0 aliphatic carbocycles. The second-order valence-corrected chi connectivity index (χ2v) is 4.11. The Morgan fingerprint density at radius 3 is 2.24 bits per heavy atom. The third kappa shape index (κ3) is 3.25. The van der Waals surface area contributed by atoms with Gasteiger partial charge in [-0.15, -0.1) is 0 Å². The van der Waals surface area contributed by atoms with Gasteiger partial charge in [0.15, 0.2) is 11.5 Å². The van der Waals surface area contributed by atoms with Crippen molar-refractivity contribution in [3.05, 3.63) is 48.0 Å². The molecular formula is C16H16O5. The highest BCUT2D eigenvalue weighted by Gasteiger charge is 2.13. The van der Waals surface area contributed by atoms with Crippen LogP contribution in [0.1, 0.15) is 10.4 Å².